The van der Waals surface area contributed by atoms with Gasteiger partial charge in [-0.3, -0.25) is 9.59 Å². The number of carbonyl (C=O) groups is 1. The fourth-order valence-corrected chi connectivity index (χ4v) is 3.53. The van der Waals surface area contributed by atoms with Crippen LogP contribution in [0.15, 0.2) is 47.3 Å². The van der Waals surface area contributed by atoms with Gasteiger partial charge in [0, 0.05) is 23.9 Å². The summed E-state index contributed by atoms with van der Waals surface area (Å²) < 4.78 is 0. The molecule has 24 heavy (non-hydrogen) atoms. The Morgan fingerprint density at radius 3 is 2.75 bits per heavy atom. The van der Waals surface area contributed by atoms with Gasteiger partial charge in [0.1, 0.15) is 0 Å². The Balaban J connectivity index is 1.71. The quantitative estimate of drug-likeness (QED) is 0.902. The molecule has 0 aliphatic heterocycles. The molecule has 1 fully saturated rings. The first kappa shape index (κ1) is 16.5. The summed E-state index contributed by atoms with van der Waals surface area (Å²) in [6.07, 6.45) is 4.88. The molecule has 1 amide bonds. The maximum absolute atomic E-state index is 12.4. The average Bonchev–Trinajstić information content (AvgIpc) is 2.60. The normalized spacial score (nSPS) is 20.5. The van der Waals surface area contributed by atoms with Gasteiger partial charge in [-0.25, -0.2) is 0 Å². The van der Waals surface area contributed by atoms with E-state index in [-0.39, 0.29) is 11.5 Å². The number of benzene rings is 1. The molecular formula is C20H24N2O2. The highest BCUT2D eigenvalue weighted by Crippen LogP contribution is 2.28. The minimum absolute atomic E-state index is 0.170. The number of H-pyrrole nitrogens is 1. The van der Waals surface area contributed by atoms with Crippen LogP contribution in [0.5, 0.6) is 0 Å². The summed E-state index contributed by atoms with van der Waals surface area (Å²) in [7, 11) is 0. The van der Waals surface area contributed by atoms with Crippen molar-refractivity contribution in [2.75, 3.05) is 6.54 Å². The number of pyridine rings is 1. The van der Waals surface area contributed by atoms with Crippen LogP contribution < -0.4 is 10.9 Å². The first-order valence-electron chi connectivity index (χ1n) is 8.70. The number of aromatic amines is 1. The molecule has 1 saturated carbocycles. The molecule has 0 bridgehead atoms. The van der Waals surface area contributed by atoms with E-state index in [2.05, 4.69) is 17.2 Å². The molecule has 4 nitrogen and oxygen atoms in total. The zero-order chi connectivity index (χ0) is 16.9. The Labute approximate surface area is 142 Å². The second kappa shape index (κ2) is 7.47. The predicted octanol–water partition coefficient (Wildman–Crippen LogP) is 3.60. The van der Waals surface area contributed by atoms with Gasteiger partial charge in [0.05, 0.1) is 0 Å². The van der Waals surface area contributed by atoms with Crippen LogP contribution in [0.4, 0.5) is 0 Å². The number of carbonyl (C=O) groups excluding carboxylic acids is 1. The highest BCUT2D eigenvalue weighted by Gasteiger charge is 2.19. The minimum atomic E-state index is -0.257. The SMILES string of the molecule is CC1CCCC(CNC(=O)c2cc(-c3ccccc3)[nH]c(=O)c2)C1. The van der Waals surface area contributed by atoms with E-state index in [9.17, 15) is 9.59 Å². The van der Waals surface area contributed by atoms with Crippen molar-refractivity contribution in [1.82, 2.24) is 10.3 Å². The van der Waals surface area contributed by atoms with Crippen molar-refractivity contribution in [2.24, 2.45) is 11.8 Å². The van der Waals surface area contributed by atoms with Gasteiger partial charge >= 0.3 is 0 Å². The molecule has 2 atom stereocenters. The summed E-state index contributed by atoms with van der Waals surface area (Å²) in [5.41, 5.74) is 1.72. The average molecular weight is 324 g/mol. The maximum Gasteiger partial charge on any atom is 0.251 e. The Bertz CT molecular complexity index is 752. The largest absolute Gasteiger partial charge is 0.352 e. The number of hydrogen-bond donors (Lipinski definition) is 2. The Kier molecular flexibility index (Phi) is 5.14. The van der Waals surface area contributed by atoms with Crippen molar-refractivity contribution in [1.29, 1.82) is 0 Å². The van der Waals surface area contributed by atoms with Crippen molar-refractivity contribution < 1.29 is 4.79 Å². The molecule has 1 heterocycles. The van der Waals surface area contributed by atoms with Crippen LogP contribution in [0, 0.1) is 11.8 Å². The van der Waals surface area contributed by atoms with E-state index in [1.807, 2.05) is 30.3 Å². The summed E-state index contributed by atoms with van der Waals surface area (Å²) in [5.74, 6) is 1.12. The molecule has 2 N–H and O–H groups in total. The number of aromatic nitrogens is 1. The van der Waals surface area contributed by atoms with Crippen LogP contribution in [-0.4, -0.2) is 17.4 Å². The van der Waals surface area contributed by atoms with Gasteiger partial charge < -0.3 is 10.3 Å². The second-order valence-corrected chi connectivity index (χ2v) is 6.86. The fourth-order valence-electron chi connectivity index (χ4n) is 3.53. The zero-order valence-corrected chi connectivity index (χ0v) is 14.0. The van der Waals surface area contributed by atoms with E-state index < -0.39 is 0 Å². The molecule has 1 aromatic carbocycles. The van der Waals surface area contributed by atoms with Crippen LogP contribution in [-0.2, 0) is 0 Å². The maximum atomic E-state index is 12.4. The van der Waals surface area contributed by atoms with Gasteiger partial charge in [0.2, 0.25) is 5.56 Å². The van der Waals surface area contributed by atoms with Crippen LogP contribution >= 0.6 is 0 Å². The van der Waals surface area contributed by atoms with Crippen LogP contribution in [0.3, 0.4) is 0 Å². The summed E-state index contributed by atoms with van der Waals surface area (Å²) >= 11 is 0. The standard InChI is InChI=1S/C20H24N2O2/c1-14-6-5-7-15(10-14)13-21-20(24)17-11-18(22-19(23)12-17)16-8-3-2-4-9-16/h2-4,8-9,11-12,14-15H,5-7,10,13H2,1H3,(H,21,24)(H,22,23). The van der Waals surface area contributed by atoms with Gasteiger partial charge in [-0.05, 0) is 36.3 Å². The lowest BCUT2D eigenvalue weighted by molar-refractivity contribution is 0.0940. The highest BCUT2D eigenvalue weighted by molar-refractivity contribution is 5.95. The van der Waals surface area contributed by atoms with Crippen molar-refractivity contribution in [3.05, 3.63) is 58.4 Å². The lowest BCUT2D eigenvalue weighted by Gasteiger charge is -2.26. The van der Waals surface area contributed by atoms with Crippen molar-refractivity contribution in [3.63, 3.8) is 0 Å². The molecule has 0 saturated heterocycles. The molecule has 4 heteroatoms. The summed E-state index contributed by atoms with van der Waals surface area (Å²) in [6.45, 7) is 2.97. The molecule has 2 unspecified atom stereocenters. The van der Waals surface area contributed by atoms with E-state index in [1.54, 1.807) is 6.07 Å². The minimum Gasteiger partial charge on any atom is -0.352 e. The van der Waals surface area contributed by atoms with Gasteiger partial charge in [-0.1, -0.05) is 50.1 Å². The van der Waals surface area contributed by atoms with Gasteiger partial charge in [0.25, 0.3) is 5.91 Å². The molecule has 1 aromatic heterocycles. The van der Waals surface area contributed by atoms with Crippen molar-refractivity contribution >= 4 is 5.91 Å². The molecule has 3 rings (SSSR count). The summed E-state index contributed by atoms with van der Waals surface area (Å²) in [4.78, 5) is 27.1. The van der Waals surface area contributed by atoms with E-state index in [4.69, 9.17) is 0 Å². The van der Waals surface area contributed by atoms with E-state index in [1.165, 1.54) is 31.7 Å². The van der Waals surface area contributed by atoms with Gasteiger partial charge in [-0.15, -0.1) is 0 Å². The molecule has 2 aromatic rings. The van der Waals surface area contributed by atoms with E-state index >= 15 is 0 Å². The third-order valence-electron chi connectivity index (χ3n) is 4.79. The fraction of sp³-hybridized carbons (Fsp3) is 0.400. The van der Waals surface area contributed by atoms with E-state index in [0.29, 0.717) is 23.7 Å². The van der Waals surface area contributed by atoms with E-state index in [0.717, 1.165) is 11.5 Å². The molecule has 0 spiro atoms. The van der Waals surface area contributed by atoms with Gasteiger partial charge in [-0.2, -0.15) is 0 Å². The van der Waals surface area contributed by atoms with Crippen LogP contribution in [0.2, 0.25) is 0 Å². The van der Waals surface area contributed by atoms with Crippen LogP contribution in [0.25, 0.3) is 11.3 Å². The number of nitrogens with one attached hydrogen (secondary N) is 2. The van der Waals surface area contributed by atoms with Gasteiger partial charge in [0.15, 0.2) is 0 Å². The molecule has 0 radical (unpaired) electrons. The predicted molar refractivity (Wildman–Crippen MR) is 96.0 cm³/mol. The molecule has 126 valence electrons. The zero-order valence-electron chi connectivity index (χ0n) is 14.0. The van der Waals surface area contributed by atoms with Crippen molar-refractivity contribution in [3.8, 4) is 11.3 Å². The summed E-state index contributed by atoms with van der Waals surface area (Å²) in [5, 5.41) is 3.00. The van der Waals surface area contributed by atoms with Crippen molar-refractivity contribution in [2.45, 2.75) is 32.6 Å². The lowest BCUT2D eigenvalue weighted by Crippen LogP contribution is -2.32. The van der Waals surface area contributed by atoms with Crippen LogP contribution in [0.1, 0.15) is 43.0 Å². The third kappa shape index (κ3) is 4.13. The molecule has 1 aliphatic carbocycles. The second-order valence-electron chi connectivity index (χ2n) is 6.86. The third-order valence-corrected chi connectivity index (χ3v) is 4.79. The smallest absolute Gasteiger partial charge is 0.251 e. The number of amides is 1. The monoisotopic (exact) mass is 324 g/mol. The first-order chi connectivity index (χ1) is 11.6. The Morgan fingerprint density at radius 1 is 1.21 bits per heavy atom. The molecular weight excluding hydrogens is 300 g/mol. The Hall–Kier alpha value is -2.36. The Morgan fingerprint density at radius 2 is 2.00 bits per heavy atom. The summed E-state index contributed by atoms with van der Waals surface area (Å²) in [6, 6.07) is 12.7. The topological polar surface area (TPSA) is 62.0 Å². The number of hydrogen-bond acceptors (Lipinski definition) is 2. The lowest BCUT2D eigenvalue weighted by atomic mass is 9.82. The first-order valence-corrected chi connectivity index (χ1v) is 8.70. The molecule has 1 aliphatic rings. The highest BCUT2D eigenvalue weighted by atomic mass is 16.2. The number of rotatable bonds is 4.